The largest absolute Gasteiger partial charge is 0.439 e. The minimum absolute atomic E-state index is 0.351. The normalized spacial score (nSPS) is 15.1. The van der Waals surface area contributed by atoms with E-state index in [9.17, 15) is 0 Å². The van der Waals surface area contributed by atoms with Gasteiger partial charge in [0.15, 0.2) is 0 Å². The highest BCUT2D eigenvalue weighted by Crippen LogP contribution is 2.32. The maximum absolute atomic E-state index is 6.19. The van der Waals surface area contributed by atoms with Gasteiger partial charge in [0, 0.05) is 6.07 Å². The zero-order valence-corrected chi connectivity index (χ0v) is 17.6. The first-order valence-electron chi connectivity index (χ1n) is 10.4. The van der Waals surface area contributed by atoms with Crippen LogP contribution in [0.4, 0.5) is 0 Å². The molecule has 3 heterocycles. The Labute approximate surface area is 172 Å². The van der Waals surface area contributed by atoms with Crippen molar-refractivity contribution in [3.05, 3.63) is 53.2 Å². The van der Waals surface area contributed by atoms with Crippen LogP contribution in [0.1, 0.15) is 55.5 Å². The fourth-order valence-corrected chi connectivity index (χ4v) is 4.07. The summed E-state index contributed by atoms with van der Waals surface area (Å²) in [5.41, 5.74) is 5.18. The number of piperidine rings is 1. The Balaban J connectivity index is 1.66. The van der Waals surface area contributed by atoms with Crippen LogP contribution in [0.5, 0.6) is 11.6 Å². The number of ether oxygens (including phenoxy) is 1. The van der Waals surface area contributed by atoms with Crippen molar-refractivity contribution >= 4 is 0 Å². The second-order valence-electron chi connectivity index (χ2n) is 8.04. The minimum Gasteiger partial charge on any atom is -0.439 e. The van der Waals surface area contributed by atoms with Crippen LogP contribution in [-0.2, 0) is 0 Å². The lowest BCUT2D eigenvalue weighted by molar-refractivity contribution is 0.340. The summed E-state index contributed by atoms with van der Waals surface area (Å²) in [6, 6.07) is 12.4. The molecule has 1 fully saturated rings. The van der Waals surface area contributed by atoms with Crippen molar-refractivity contribution in [3.8, 4) is 23.0 Å². The lowest BCUT2D eigenvalue weighted by atomic mass is 9.97. The van der Waals surface area contributed by atoms with Crippen LogP contribution in [0.3, 0.4) is 0 Å². The Morgan fingerprint density at radius 2 is 1.83 bits per heavy atom. The third-order valence-electron chi connectivity index (χ3n) is 5.65. The number of hydrogen-bond acceptors (Lipinski definition) is 5. The molecule has 0 aliphatic carbocycles. The summed E-state index contributed by atoms with van der Waals surface area (Å²) in [4.78, 5) is 4.80. The lowest BCUT2D eigenvalue weighted by Gasteiger charge is -2.24. The summed E-state index contributed by atoms with van der Waals surface area (Å²) < 4.78 is 8.24. The van der Waals surface area contributed by atoms with Crippen LogP contribution in [0.2, 0.25) is 0 Å². The molecule has 0 bridgehead atoms. The van der Waals surface area contributed by atoms with E-state index in [2.05, 4.69) is 42.5 Å². The first-order valence-corrected chi connectivity index (χ1v) is 10.4. The molecule has 1 aliphatic heterocycles. The fraction of sp³-hybridized carbons (Fsp3) is 0.435. The monoisotopic (exact) mass is 391 g/mol. The number of aryl methyl sites for hydroxylation is 1. The van der Waals surface area contributed by atoms with Crippen molar-refractivity contribution in [2.24, 2.45) is 0 Å². The lowest BCUT2D eigenvalue weighted by Crippen LogP contribution is -2.30. The highest BCUT2D eigenvalue weighted by Gasteiger charge is 2.22. The summed E-state index contributed by atoms with van der Waals surface area (Å²) in [6.07, 6.45) is 2.10. The third-order valence-corrected chi connectivity index (χ3v) is 5.65. The van der Waals surface area contributed by atoms with E-state index in [0.29, 0.717) is 17.8 Å². The molecule has 4 rings (SSSR count). The molecule has 0 saturated carbocycles. The van der Waals surface area contributed by atoms with E-state index in [1.807, 2.05) is 41.9 Å². The summed E-state index contributed by atoms with van der Waals surface area (Å²) in [5, 5.41) is 12.2. The predicted molar refractivity (Wildman–Crippen MR) is 114 cm³/mol. The van der Waals surface area contributed by atoms with Gasteiger partial charge in [-0.15, -0.1) is 5.10 Å². The van der Waals surface area contributed by atoms with E-state index in [1.54, 1.807) is 0 Å². The molecule has 0 spiro atoms. The molecule has 6 heteroatoms. The molecule has 0 radical (unpaired) electrons. The number of hydrogen-bond donors (Lipinski definition) is 1. The molecule has 2 aromatic heterocycles. The Morgan fingerprint density at radius 3 is 2.59 bits per heavy atom. The van der Waals surface area contributed by atoms with Crippen LogP contribution in [-0.4, -0.2) is 33.1 Å². The minimum atomic E-state index is 0.351. The van der Waals surface area contributed by atoms with Crippen molar-refractivity contribution in [3.63, 3.8) is 0 Å². The molecular formula is C23H29N5O. The Morgan fingerprint density at radius 1 is 1.07 bits per heavy atom. The molecule has 1 aromatic carbocycles. The highest BCUT2D eigenvalue weighted by atomic mass is 16.5. The Kier molecular flexibility index (Phi) is 5.62. The maximum atomic E-state index is 6.19. The molecule has 0 atom stereocenters. The van der Waals surface area contributed by atoms with Crippen molar-refractivity contribution in [2.45, 2.75) is 52.5 Å². The summed E-state index contributed by atoms with van der Waals surface area (Å²) >= 11 is 0. The quantitative estimate of drug-likeness (QED) is 0.677. The molecule has 29 heavy (non-hydrogen) atoms. The van der Waals surface area contributed by atoms with Crippen LogP contribution < -0.4 is 10.1 Å². The number of nitrogens with zero attached hydrogens (tertiary/aromatic N) is 4. The Hall–Kier alpha value is -2.73. The molecule has 152 valence electrons. The highest BCUT2D eigenvalue weighted by molar-refractivity contribution is 5.58. The van der Waals surface area contributed by atoms with E-state index in [0.717, 1.165) is 54.3 Å². The molecule has 1 N–H and O–H groups in total. The molecule has 1 saturated heterocycles. The van der Waals surface area contributed by atoms with Gasteiger partial charge in [0.05, 0.1) is 17.4 Å². The second kappa shape index (κ2) is 8.33. The number of pyridine rings is 1. The van der Waals surface area contributed by atoms with E-state index < -0.39 is 0 Å². The van der Waals surface area contributed by atoms with E-state index in [4.69, 9.17) is 9.72 Å². The summed E-state index contributed by atoms with van der Waals surface area (Å²) in [7, 11) is 0. The maximum Gasteiger partial charge on any atom is 0.219 e. The van der Waals surface area contributed by atoms with E-state index >= 15 is 0 Å². The van der Waals surface area contributed by atoms with Gasteiger partial charge in [0.25, 0.3) is 0 Å². The molecule has 6 nitrogen and oxygen atoms in total. The standard InChI is InChI=1S/C23H29N5O/c1-15(2)19-7-5-9-21(16(19)3)29-22-10-6-8-20(25-22)23-17(4)26-27-28(23)18-11-13-24-14-12-18/h5-10,15,18,24H,11-14H2,1-4H3. The van der Waals surface area contributed by atoms with E-state index in [1.165, 1.54) is 5.56 Å². The Bertz CT molecular complexity index is 989. The van der Waals surface area contributed by atoms with Crippen LogP contribution in [0.25, 0.3) is 11.4 Å². The van der Waals surface area contributed by atoms with Gasteiger partial charge in [-0.2, -0.15) is 0 Å². The molecule has 3 aromatic rings. The number of aromatic nitrogens is 4. The van der Waals surface area contributed by atoms with Crippen LogP contribution in [0, 0.1) is 13.8 Å². The first-order chi connectivity index (χ1) is 14.0. The van der Waals surface area contributed by atoms with Crippen LogP contribution >= 0.6 is 0 Å². The predicted octanol–water partition coefficient (Wildman–Crippen LogP) is 4.80. The number of benzene rings is 1. The second-order valence-corrected chi connectivity index (χ2v) is 8.04. The van der Waals surface area contributed by atoms with Gasteiger partial charge in [-0.3, -0.25) is 0 Å². The van der Waals surface area contributed by atoms with Gasteiger partial charge in [-0.05, 0) is 69.0 Å². The average molecular weight is 392 g/mol. The van der Waals surface area contributed by atoms with Crippen molar-refractivity contribution in [1.29, 1.82) is 0 Å². The number of nitrogens with one attached hydrogen (secondary N) is 1. The van der Waals surface area contributed by atoms with Gasteiger partial charge in [0.2, 0.25) is 5.88 Å². The topological polar surface area (TPSA) is 64.9 Å². The van der Waals surface area contributed by atoms with E-state index in [-0.39, 0.29) is 0 Å². The zero-order chi connectivity index (χ0) is 20.4. The molecule has 0 unspecified atom stereocenters. The van der Waals surface area contributed by atoms with Gasteiger partial charge >= 0.3 is 0 Å². The molecule has 1 aliphatic rings. The molecule has 0 amide bonds. The summed E-state index contributed by atoms with van der Waals surface area (Å²) in [5.74, 6) is 1.89. The van der Waals surface area contributed by atoms with Crippen molar-refractivity contribution < 1.29 is 4.74 Å². The van der Waals surface area contributed by atoms with Gasteiger partial charge in [-0.1, -0.05) is 37.3 Å². The third kappa shape index (κ3) is 4.03. The van der Waals surface area contributed by atoms with Gasteiger partial charge < -0.3 is 10.1 Å². The SMILES string of the molecule is Cc1nnn(C2CCNCC2)c1-c1cccc(Oc2cccc(C(C)C)c2C)n1. The molecular weight excluding hydrogens is 362 g/mol. The zero-order valence-electron chi connectivity index (χ0n) is 17.6. The number of rotatable bonds is 5. The fourth-order valence-electron chi connectivity index (χ4n) is 4.07. The van der Waals surface area contributed by atoms with Gasteiger partial charge in [0.1, 0.15) is 11.4 Å². The summed E-state index contributed by atoms with van der Waals surface area (Å²) in [6.45, 7) is 10.5. The smallest absolute Gasteiger partial charge is 0.219 e. The van der Waals surface area contributed by atoms with Crippen molar-refractivity contribution in [1.82, 2.24) is 25.3 Å². The van der Waals surface area contributed by atoms with Crippen LogP contribution in [0.15, 0.2) is 36.4 Å². The average Bonchev–Trinajstić information content (AvgIpc) is 3.12. The van der Waals surface area contributed by atoms with Crippen molar-refractivity contribution in [2.75, 3.05) is 13.1 Å². The van der Waals surface area contributed by atoms with Gasteiger partial charge in [-0.25, -0.2) is 9.67 Å². The first kappa shape index (κ1) is 19.6.